The van der Waals surface area contributed by atoms with E-state index in [9.17, 15) is 4.79 Å². The number of rotatable bonds is 12. The van der Waals surface area contributed by atoms with Crippen LogP contribution in [0.1, 0.15) is 54.1 Å². The Hall–Kier alpha value is -3.60. The fourth-order valence-electron chi connectivity index (χ4n) is 3.10. The van der Waals surface area contributed by atoms with E-state index in [-0.39, 0.29) is 5.91 Å². The number of para-hydroxylation sites is 1. The highest BCUT2D eigenvalue weighted by Gasteiger charge is 2.05. The van der Waals surface area contributed by atoms with Gasteiger partial charge in [-0.1, -0.05) is 68.7 Å². The molecule has 0 aliphatic carbocycles. The molecule has 0 aliphatic heterocycles. The second-order valence-corrected chi connectivity index (χ2v) is 7.44. The van der Waals surface area contributed by atoms with Crippen LogP contribution >= 0.6 is 0 Å². The first-order valence-electron chi connectivity index (χ1n) is 11.1. The maximum atomic E-state index is 12.4. The third kappa shape index (κ3) is 7.58. The van der Waals surface area contributed by atoms with Crippen molar-refractivity contribution < 1.29 is 14.3 Å². The number of hydrazone groups is 1. The van der Waals surface area contributed by atoms with E-state index < -0.39 is 0 Å². The van der Waals surface area contributed by atoms with Gasteiger partial charge < -0.3 is 9.47 Å². The third-order valence-electron chi connectivity index (χ3n) is 4.91. The molecule has 0 heterocycles. The molecule has 0 saturated heterocycles. The number of unbranched alkanes of at least 4 members (excludes halogenated alkanes) is 3. The molecule has 0 saturated carbocycles. The Morgan fingerprint density at radius 2 is 1.62 bits per heavy atom. The van der Waals surface area contributed by atoms with Gasteiger partial charge in [-0.05, 0) is 48.4 Å². The quantitative estimate of drug-likeness (QED) is 0.218. The lowest BCUT2D eigenvalue weighted by atomic mass is 10.2. The molecule has 3 aromatic carbocycles. The molecule has 5 nitrogen and oxygen atoms in total. The average molecular weight is 431 g/mol. The molecule has 32 heavy (non-hydrogen) atoms. The maximum absolute atomic E-state index is 12.4. The van der Waals surface area contributed by atoms with E-state index in [4.69, 9.17) is 9.47 Å². The first-order chi connectivity index (χ1) is 15.8. The normalized spacial score (nSPS) is 10.8. The highest BCUT2D eigenvalue weighted by molar-refractivity contribution is 5.95. The highest BCUT2D eigenvalue weighted by Crippen LogP contribution is 2.17. The minimum absolute atomic E-state index is 0.283. The molecule has 0 aliphatic rings. The first kappa shape index (κ1) is 23.1. The van der Waals surface area contributed by atoms with Gasteiger partial charge in [0.1, 0.15) is 18.1 Å². The number of amides is 1. The number of nitrogens with one attached hydrogen (secondary N) is 1. The van der Waals surface area contributed by atoms with Crippen LogP contribution in [0.25, 0.3) is 0 Å². The Bertz CT molecular complexity index is 985. The van der Waals surface area contributed by atoms with Crippen molar-refractivity contribution in [3.05, 3.63) is 95.6 Å². The second kappa shape index (κ2) is 13.0. The molecule has 0 radical (unpaired) electrons. The number of benzene rings is 3. The van der Waals surface area contributed by atoms with E-state index in [1.165, 1.54) is 19.3 Å². The number of hydrogen-bond donors (Lipinski definition) is 1. The predicted octanol–water partition coefficient (Wildman–Crippen LogP) is 5.99. The topological polar surface area (TPSA) is 59.9 Å². The van der Waals surface area contributed by atoms with Crippen LogP contribution in [0.15, 0.2) is 84.0 Å². The lowest BCUT2D eigenvalue weighted by Gasteiger charge is -2.09. The van der Waals surface area contributed by atoms with Gasteiger partial charge in [-0.15, -0.1) is 0 Å². The molecule has 166 valence electrons. The van der Waals surface area contributed by atoms with Gasteiger partial charge in [-0.2, -0.15) is 5.10 Å². The zero-order valence-electron chi connectivity index (χ0n) is 18.5. The van der Waals surface area contributed by atoms with E-state index in [0.717, 1.165) is 23.3 Å². The summed E-state index contributed by atoms with van der Waals surface area (Å²) < 4.78 is 11.6. The van der Waals surface area contributed by atoms with Crippen molar-refractivity contribution in [1.29, 1.82) is 0 Å². The molecule has 3 aromatic rings. The van der Waals surface area contributed by atoms with Gasteiger partial charge in [0.25, 0.3) is 5.91 Å². The van der Waals surface area contributed by atoms with E-state index in [1.807, 2.05) is 54.6 Å². The highest BCUT2D eigenvalue weighted by atomic mass is 16.5. The Morgan fingerprint density at radius 3 is 2.41 bits per heavy atom. The first-order valence-corrected chi connectivity index (χ1v) is 11.1. The molecule has 0 aromatic heterocycles. The summed E-state index contributed by atoms with van der Waals surface area (Å²) in [4.78, 5) is 12.4. The fraction of sp³-hybridized carbons (Fsp3) is 0.259. The maximum Gasteiger partial charge on any atom is 0.271 e. The number of ether oxygens (including phenoxy) is 2. The van der Waals surface area contributed by atoms with E-state index in [1.54, 1.807) is 30.5 Å². The molecular formula is C27H30N2O3. The zero-order valence-corrected chi connectivity index (χ0v) is 18.5. The van der Waals surface area contributed by atoms with Crippen molar-refractivity contribution in [3.63, 3.8) is 0 Å². The Morgan fingerprint density at radius 1 is 0.875 bits per heavy atom. The Balaban J connectivity index is 1.49. The fourth-order valence-corrected chi connectivity index (χ4v) is 3.10. The standard InChI is InChI=1S/C27H30N2O3/c1-2-3-4-10-19-31-26-14-9-8-13-24(26)20-28-29-27(30)23-15-17-25(18-16-23)32-21-22-11-6-5-7-12-22/h5-9,11-18,20H,2-4,10,19,21H2,1H3,(H,29,30)/b28-20+. The Kier molecular flexibility index (Phi) is 9.34. The number of hydrogen-bond acceptors (Lipinski definition) is 4. The number of carbonyl (C=O) groups excluding carboxylic acids is 1. The molecule has 0 bridgehead atoms. The van der Waals surface area contributed by atoms with Crippen molar-refractivity contribution in [2.24, 2.45) is 5.10 Å². The van der Waals surface area contributed by atoms with E-state index in [0.29, 0.717) is 24.5 Å². The molecule has 0 atom stereocenters. The van der Waals surface area contributed by atoms with E-state index in [2.05, 4.69) is 17.5 Å². The van der Waals surface area contributed by atoms with Crippen molar-refractivity contribution in [2.45, 2.75) is 39.2 Å². The molecular weight excluding hydrogens is 400 g/mol. The SMILES string of the molecule is CCCCCCOc1ccccc1/C=N/NC(=O)c1ccc(OCc2ccccc2)cc1. The minimum atomic E-state index is -0.283. The molecule has 3 rings (SSSR count). The van der Waals surface area contributed by atoms with Crippen molar-refractivity contribution in [2.75, 3.05) is 6.61 Å². The molecule has 0 spiro atoms. The Labute approximate surface area is 190 Å². The van der Waals surface area contributed by atoms with Crippen LogP contribution in [0.4, 0.5) is 0 Å². The zero-order chi connectivity index (χ0) is 22.4. The van der Waals surface area contributed by atoms with Crippen LogP contribution in [0.3, 0.4) is 0 Å². The van der Waals surface area contributed by atoms with Crippen molar-refractivity contribution in [1.82, 2.24) is 5.43 Å². The minimum Gasteiger partial charge on any atom is -0.493 e. The van der Waals surface area contributed by atoms with Crippen molar-refractivity contribution in [3.8, 4) is 11.5 Å². The lowest BCUT2D eigenvalue weighted by Crippen LogP contribution is -2.17. The number of nitrogens with zero attached hydrogens (tertiary/aromatic N) is 1. The lowest BCUT2D eigenvalue weighted by molar-refractivity contribution is 0.0955. The van der Waals surface area contributed by atoms with Gasteiger partial charge in [0.2, 0.25) is 0 Å². The summed E-state index contributed by atoms with van der Waals surface area (Å²) in [6, 6.07) is 24.6. The van der Waals surface area contributed by atoms with Gasteiger partial charge in [-0.25, -0.2) is 5.43 Å². The van der Waals surface area contributed by atoms with Crippen LogP contribution in [-0.4, -0.2) is 18.7 Å². The molecule has 0 fully saturated rings. The molecule has 5 heteroatoms. The summed E-state index contributed by atoms with van der Waals surface area (Å²) in [5, 5.41) is 4.10. The summed E-state index contributed by atoms with van der Waals surface area (Å²) >= 11 is 0. The average Bonchev–Trinajstić information content (AvgIpc) is 2.84. The van der Waals surface area contributed by atoms with Gasteiger partial charge in [0, 0.05) is 11.1 Å². The van der Waals surface area contributed by atoms with Crippen LogP contribution in [0, 0.1) is 0 Å². The van der Waals surface area contributed by atoms with Crippen LogP contribution < -0.4 is 14.9 Å². The summed E-state index contributed by atoms with van der Waals surface area (Å²) in [6.45, 7) is 3.35. The van der Waals surface area contributed by atoms with E-state index >= 15 is 0 Å². The predicted molar refractivity (Wildman–Crippen MR) is 128 cm³/mol. The van der Waals surface area contributed by atoms with Crippen LogP contribution in [0.2, 0.25) is 0 Å². The molecule has 0 unspecified atom stereocenters. The molecule has 1 N–H and O–H groups in total. The summed E-state index contributed by atoms with van der Waals surface area (Å²) in [6.07, 6.45) is 6.22. The number of carbonyl (C=O) groups is 1. The summed E-state index contributed by atoms with van der Waals surface area (Å²) in [7, 11) is 0. The van der Waals surface area contributed by atoms with Gasteiger partial charge in [-0.3, -0.25) is 4.79 Å². The van der Waals surface area contributed by atoms with Crippen LogP contribution in [0.5, 0.6) is 11.5 Å². The largest absolute Gasteiger partial charge is 0.493 e. The summed E-state index contributed by atoms with van der Waals surface area (Å²) in [5.41, 5.74) is 5.00. The van der Waals surface area contributed by atoms with Gasteiger partial charge >= 0.3 is 0 Å². The monoisotopic (exact) mass is 430 g/mol. The molecule has 1 amide bonds. The van der Waals surface area contributed by atoms with Crippen LogP contribution in [-0.2, 0) is 6.61 Å². The summed E-state index contributed by atoms with van der Waals surface area (Å²) in [5.74, 6) is 1.19. The smallest absolute Gasteiger partial charge is 0.271 e. The third-order valence-corrected chi connectivity index (χ3v) is 4.91. The van der Waals surface area contributed by atoms with Crippen molar-refractivity contribution >= 4 is 12.1 Å². The van der Waals surface area contributed by atoms with Gasteiger partial charge in [0.15, 0.2) is 0 Å². The van der Waals surface area contributed by atoms with Gasteiger partial charge in [0.05, 0.1) is 12.8 Å². The second-order valence-electron chi connectivity index (χ2n) is 7.44.